The highest BCUT2D eigenvalue weighted by molar-refractivity contribution is 5.76. The molecule has 0 saturated carbocycles. The Kier molecular flexibility index (Phi) is 6.10. The van der Waals surface area contributed by atoms with Crippen molar-refractivity contribution >= 4 is 23.2 Å². The van der Waals surface area contributed by atoms with Gasteiger partial charge in [-0.25, -0.2) is 9.78 Å². The van der Waals surface area contributed by atoms with Gasteiger partial charge in [0.15, 0.2) is 0 Å². The molecule has 8 nitrogen and oxygen atoms in total. The van der Waals surface area contributed by atoms with Crippen LogP contribution in [0.5, 0.6) is 0 Å². The Morgan fingerprint density at radius 3 is 2.74 bits per heavy atom. The summed E-state index contributed by atoms with van der Waals surface area (Å²) in [7, 11) is 0. The Bertz CT molecular complexity index is 1360. The fourth-order valence-corrected chi connectivity index (χ4v) is 4.54. The minimum atomic E-state index is -0.111. The SMILES string of the molecule is C=C(C)NC(=O)N1CC=C(C2Cc3c(Nc4ccc(=O)n(-c5ccccc5)c4)ccnc3N2)CC1. The van der Waals surface area contributed by atoms with Gasteiger partial charge in [0.2, 0.25) is 0 Å². The lowest BCUT2D eigenvalue weighted by molar-refractivity contribution is 0.204. The number of rotatable bonds is 5. The van der Waals surface area contributed by atoms with Crippen LogP contribution in [0.2, 0.25) is 0 Å². The molecular formula is C27H28N6O2. The van der Waals surface area contributed by atoms with Gasteiger partial charge in [-0.2, -0.15) is 0 Å². The van der Waals surface area contributed by atoms with Crippen molar-refractivity contribution in [3.8, 4) is 5.69 Å². The first-order valence-corrected chi connectivity index (χ1v) is 11.7. The molecule has 0 spiro atoms. The van der Waals surface area contributed by atoms with E-state index in [9.17, 15) is 9.59 Å². The minimum absolute atomic E-state index is 0.0846. The average Bonchev–Trinajstić information content (AvgIpc) is 3.31. The van der Waals surface area contributed by atoms with Crippen molar-refractivity contribution in [2.24, 2.45) is 0 Å². The normalized spacial score (nSPS) is 16.7. The second-order valence-electron chi connectivity index (χ2n) is 8.86. The molecular weight excluding hydrogens is 440 g/mol. The first-order chi connectivity index (χ1) is 17.0. The molecule has 2 aliphatic heterocycles. The van der Waals surface area contributed by atoms with Crippen LogP contribution < -0.4 is 21.5 Å². The van der Waals surface area contributed by atoms with E-state index in [0.29, 0.717) is 18.8 Å². The standard InChI is InChI=1S/C27H28N6O2/c1-18(2)29-27(35)32-14-11-19(12-15-32)24-16-22-23(10-13-28-26(22)31-24)30-20-8-9-25(34)33(17-20)21-6-4-3-5-7-21/h3-11,13,17,24H,1,12,14-16H2,2H3,(H,29,35)(H2,28,30,31). The van der Waals surface area contributed by atoms with E-state index in [1.165, 1.54) is 5.57 Å². The van der Waals surface area contributed by atoms with Crippen LogP contribution in [0.1, 0.15) is 18.9 Å². The number of anilines is 3. The molecule has 2 amide bonds. The van der Waals surface area contributed by atoms with E-state index in [-0.39, 0.29) is 17.6 Å². The second kappa shape index (κ2) is 9.50. The molecule has 4 heterocycles. The predicted octanol–water partition coefficient (Wildman–Crippen LogP) is 4.19. The van der Waals surface area contributed by atoms with Gasteiger partial charge in [0.25, 0.3) is 5.56 Å². The van der Waals surface area contributed by atoms with E-state index in [0.717, 1.165) is 41.3 Å². The maximum atomic E-state index is 12.4. The van der Waals surface area contributed by atoms with Gasteiger partial charge in [-0.15, -0.1) is 0 Å². The number of carbonyl (C=O) groups is 1. The number of nitrogens with zero attached hydrogens (tertiary/aromatic N) is 3. The number of pyridine rings is 2. The van der Waals surface area contributed by atoms with Gasteiger partial charge < -0.3 is 20.9 Å². The highest BCUT2D eigenvalue weighted by atomic mass is 16.2. The van der Waals surface area contributed by atoms with Gasteiger partial charge in [-0.1, -0.05) is 30.9 Å². The zero-order valence-electron chi connectivity index (χ0n) is 19.6. The highest BCUT2D eigenvalue weighted by Gasteiger charge is 2.29. The zero-order chi connectivity index (χ0) is 24.4. The molecule has 0 radical (unpaired) electrons. The van der Waals surface area contributed by atoms with Crippen molar-refractivity contribution in [2.45, 2.75) is 25.8 Å². The van der Waals surface area contributed by atoms with Crippen LogP contribution in [0.4, 0.5) is 22.0 Å². The summed E-state index contributed by atoms with van der Waals surface area (Å²) in [4.78, 5) is 31.0. The maximum absolute atomic E-state index is 12.4. The van der Waals surface area contributed by atoms with E-state index in [2.05, 4.69) is 33.6 Å². The number of urea groups is 1. The molecule has 1 atom stereocenters. The monoisotopic (exact) mass is 468 g/mol. The number of carbonyl (C=O) groups excluding carboxylic acids is 1. The number of hydrogen-bond acceptors (Lipinski definition) is 5. The summed E-state index contributed by atoms with van der Waals surface area (Å²) in [5.41, 5.74) is 5.55. The molecule has 8 heteroatoms. The molecule has 2 aliphatic rings. The molecule has 0 saturated heterocycles. The minimum Gasteiger partial charge on any atom is -0.363 e. The molecule has 5 rings (SSSR count). The molecule has 3 N–H and O–H groups in total. The fourth-order valence-electron chi connectivity index (χ4n) is 4.54. The molecule has 0 fully saturated rings. The second-order valence-corrected chi connectivity index (χ2v) is 8.86. The van der Waals surface area contributed by atoms with Crippen LogP contribution in [0, 0.1) is 0 Å². The van der Waals surface area contributed by atoms with Crippen LogP contribution in [-0.2, 0) is 6.42 Å². The smallest absolute Gasteiger partial charge is 0.321 e. The van der Waals surface area contributed by atoms with Crippen molar-refractivity contribution in [3.63, 3.8) is 0 Å². The van der Waals surface area contributed by atoms with Crippen molar-refractivity contribution in [1.82, 2.24) is 19.8 Å². The van der Waals surface area contributed by atoms with Crippen molar-refractivity contribution < 1.29 is 4.79 Å². The number of para-hydroxylation sites is 1. The third-order valence-electron chi connectivity index (χ3n) is 6.30. The van der Waals surface area contributed by atoms with Gasteiger partial charge in [0.05, 0.1) is 11.7 Å². The zero-order valence-corrected chi connectivity index (χ0v) is 19.6. The van der Waals surface area contributed by atoms with E-state index in [1.54, 1.807) is 34.7 Å². The van der Waals surface area contributed by atoms with Gasteiger partial charge in [0, 0.05) is 60.6 Å². The summed E-state index contributed by atoms with van der Waals surface area (Å²) in [5.74, 6) is 0.861. The van der Waals surface area contributed by atoms with Crippen LogP contribution in [-0.4, -0.2) is 39.6 Å². The molecule has 0 bridgehead atoms. The average molecular weight is 469 g/mol. The number of nitrogens with one attached hydrogen (secondary N) is 3. The summed E-state index contributed by atoms with van der Waals surface area (Å²) < 4.78 is 1.63. The Labute approximate surface area is 204 Å². The number of hydrogen-bond donors (Lipinski definition) is 3. The van der Waals surface area contributed by atoms with Gasteiger partial charge >= 0.3 is 6.03 Å². The maximum Gasteiger partial charge on any atom is 0.321 e. The Balaban J connectivity index is 1.32. The molecule has 1 unspecified atom stereocenters. The van der Waals surface area contributed by atoms with Crippen LogP contribution in [0.25, 0.3) is 5.69 Å². The predicted molar refractivity (Wildman–Crippen MR) is 138 cm³/mol. The first-order valence-electron chi connectivity index (χ1n) is 11.7. The molecule has 0 aliphatic carbocycles. The topological polar surface area (TPSA) is 91.3 Å². The highest BCUT2D eigenvalue weighted by Crippen LogP contribution is 2.35. The number of benzene rings is 1. The number of fused-ring (bicyclic) bond motifs is 1. The Morgan fingerprint density at radius 1 is 1.17 bits per heavy atom. The summed E-state index contributed by atoms with van der Waals surface area (Å²) in [6.07, 6.45) is 7.34. The summed E-state index contributed by atoms with van der Waals surface area (Å²) in [5, 5.41) is 9.79. The van der Waals surface area contributed by atoms with Crippen molar-refractivity contribution in [3.05, 3.63) is 101 Å². The lowest BCUT2D eigenvalue weighted by atomic mass is 9.97. The Morgan fingerprint density at radius 2 is 2.00 bits per heavy atom. The van der Waals surface area contributed by atoms with E-state index in [1.807, 2.05) is 42.6 Å². The molecule has 35 heavy (non-hydrogen) atoms. The third kappa shape index (κ3) is 4.82. The van der Waals surface area contributed by atoms with Crippen LogP contribution in [0.3, 0.4) is 0 Å². The Hall–Kier alpha value is -4.33. The fraction of sp³-hybridized carbons (Fsp3) is 0.222. The summed E-state index contributed by atoms with van der Waals surface area (Å²) >= 11 is 0. The van der Waals surface area contributed by atoms with Crippen LogP contribution >= 0.6 is 0 Å². The first kappa shape index (κ1) is 22.5. The van der Waals surface area contributed by atoms with E-state index >= 15 is 0 Å². The summed E-state index contributed by atoms with van der Waals surface area (Å²) in [6, 6.07) is 14.9. The molecule has 2 aromatic heterocycles. The lowest BCUT2D eigenvalue weighted by Gasteiger charge is -2.29. The van der Waals surface area contributed by atoms with Gasteiger partial charge in [-0.3, -0.25) is 9.36 Å². The van der Waals surface area contributed by atoms with Gasteiger partial charge in [0.1, 0.15) is 5.82 Å². The van der Waals surface area contributed by atoms with E-state index in [4.69, 9.17) is 0 Å². The number of amides is 2. The third-order valence-corrected chi connectivity index (χ3v) is 6.30. The lowest BCUT2D eigenvalue weighted by Crippen LogP contribution is -2.42. The van der Waals surface area contributed by atoms with Crippen molar-refractivity contribution in [2.75, 3.05) is 23.7 Å². The molecule has 3 aromatic rings. The van der Waals surface area contributed by atoms with Gasteiger partial charge in [-0.05, 0) is 43.2 Å². The van der Waals surface area contributed by atoms with Crippen molar-refractivity contribution in [1.29, 1.82) is 0 Å². The van der Waals surface area contributed by atoms with Crippen LogP contribution in [0.15, 0.2) is 89.6 Å². The molecule has 178 valence electrons. The number of allylic oxidation sites excluding steroid dienone is 1. The molecule has 1 aromatic carbocycles. The summed E-state index contributed by atoms with van der Waals surface area (Å²) in [6.45, 7) is 6.75. The largest absolute Gasteiger partial charge is 0.363 e. The quantitative estimate of drug-likeness (QED) is 0.489. The van der Waals surface area contributed by atoms with E-state index < -0.39 is 0 Å². The number of aromatic nitrogens is 2.